The van der Waals surface area contributed by atoms with E-state index in [0.717, 1.165) is 16.2 Å². The Morgan fingerprint density at radius 2 is 2.05 bits per heavy atom. The minimum Gasteiger partial charge on any atom is -0.326 e. The predicted molar refractivity (Wildman–Crippen MR) is 83.2 cm³/mol. The van der Waals surface area contributed by atoms with Crippen molar-refractivity contribution in [1.82, 2.24) is 4.31 Å². The number of piperidine rings is 1. The lowest BCUT2D eigenvalue weighted by atomic mass is 9.88. The Bertz CT molecular complexity index is 580. The van der Waals surface area contributed by atoms with E-state index in [1.165, 1.54) is 11.3 Å². The molecule has 1 fully saturated rings. The first kappa shape index (κ1) is 15.9. The molecule has 1 aromatic heterocycles. The fourth-order valence-corrected chi connectivity index (χ4v) is 6.32. The molecule has 114 valence electrons. The molecule has 1 saturated heterocycles. The van der Waals surface area contributed by atoms with Crippen LogP contribution >= 0.6 is 11.3 Å². The monoisotopic (exact) mass is 316 g/mol. The molecule has 4 nitrogen and oxygen atoms in total. The first-order valence-electron chi connectivity index (χ1n) is 7.08. The van der Waals surface area contributed by atoms with E-state index < -0.39 is 10.0 Å². The minimum atomic E-state index is -3.41. The third kappa shape index (κ3) is 2.79. The third-order valence-corrected chi connectivity index (χ3v) is 7.54. The van der Waals surface area contributed by atoms with E-state index in [-0.39, 0.29) is 6.04 Å². The summed E-state index contributed by atoms with van der Waals surface area (Å²) in [6.07, 6.45) is 1.09. The van der Waals surface area contributed by atoms with E-state index in [2.05, 4.69) is 13.8 Å². The SMILES string of the molecule is Cc1sc(CN)cc1S(=O)(=O)N1CC(C)CC(C)C1C. The number of hydrogen-bond donors (Lipinski definition) is 1. The average molecular weight is 316 g/mol. The smallest absolute Gasteiger partial charge is 0.244 e. The van der Waals surface area contributed by atoms with Gasteiger partial charge < -0.3 is 5.73 Å². The number of nitrogens with zero attached hydrogens (tertiary/aromatic N) is 1. The van der Waals surface area contributed by atoms with E-state index in [4.69, 9.17) is 5.73 Å². The highest BCUT2D eigenvalue weighted by molar-refractivity contribution is 7.89. The van der Waals surface area contributed by atoms with Gasteiger partial charge in [0.05, 0.1) is 4.90 Å². The summed E-state index contributed by atoms with van der Waals surface area (Å²) in [6.45, 7) is 9.13. The van der Waals surface area contributed by atoms with Crippen LogP contribution in [0.1, 0.15) is 36.9 Å². The van der Waals surface area contributed by atoms with Crippen molar-refractivity contribution in [2.24, 2.45) is 17.6 Å². The largest absolute Gasteiger partial charge is 0.326 e. The summed E-state index contributed by atoms with van der Waals surface area (Å²) in [5, 5.41) is 0. The molecule has 3 unspecified atom stereocenters. The molecule has 1 aliphatic rings. The van der Waals surface area contributed by atoms with Gasteiger partial charge in [0.2, 0.25) is 10.0 Å². The first-order chi connectivity index (χ1) is 9.27. The van der Waals surface area contributed by atoms with Gasteiger partial charge in [-0.1, -0.05) is 13.8 Å². The molecule has 0 aromatic carbocycles. The molecule has 1 aliphatic heterocycles. The maximum atomic E-state index is 12.9. The van der Waals surface area contributed by atoms with E-state index in [1.807, 2.05) is 13.8 Å². The standard InChI is InChI=1S/C14H24N2O2S2/c1-9-5-10(2)11(3)16(8-9)20(17,18)14-6-13(7-15)19-12(14)4/h6,9-11H,5,7-8,15H2,1-4H3. The van der Waals surface area contributed by atoms with Crippen molar-refractivity contribution in [2.75, 3.05) is 6.54 Å². The number of rotatable bonds is 3. The van der Waals surface area contributed by atoms with Crippen LogP contribution in [0, 0.1) is 18.8 Å². The van der Waals surface area contributed by atoms with Crippen LogP contribution in [0.3, 0.4) is 0 Å². The second-order valence-electron chi connectivity index (χ2n) is 5.97. The molecule has 2 heterocycles. The minimum absolute atomic E-state index is 0.0526. The van der Waals surface area contributed by atoms with Crippen molar-refractivity contribution < 1.29 is 8.42 Å². The summed E-state index contributed by atoms with van der Waals surface area (Å²) in [5.74, 6) is 0.797. The molecule has 3 atom stereocenters. The zero-order chi connectivity index (χ0) is 15.1. The lowest BCUT2D eigenvalue weighted by Gasteiger charge is -2.39. The maximum absolute atomic E-state index is 12.9. The Hall–Kier alpha value is -0.430. The van der Waals surface area contributed by atoms with Crippen LogP contribution in [0.2, 0.25) is 0 Å². The second-order valence-corrected chi connectivity index (χ2v) is 9.17. The lowest BCUT2D eigenvalue weighted by molar-refractivity contribution is 0.157. The van der Waals surface area contributed by atoms with Gasteiger partial charge in [-0.3, -0.25) is 0 Å². The van der Waals surface area contributed by atoms with Gasteiger partial charge in [0.1, 0.15) is 0 Å². The van der Waals surface area contributed by atoms with Crippen molar-refractivity contribution in [2.45, 2.75) is 51.6 Å². The fraction of sp³-hybridized carbons (Fsp3) is 0.714. The molecule has 6 heteroatoms. The highest BCUT2D eigenvalue weighted by Crippen LogP contribution is 2.34. The Morgan fingerprint density at radius 1 is 1.40 bits per heavy atom. The van der Waals surface area contributed by atoms with Gasteiger partial charge in [-0.2, -0.15) is 4.31 Å². The van der Waals surface area contributed by atoms with Crippen LogP contribution in [0.4, 0.5) is 0 Å². The Kier molecular flexibility index (Phi) is 4.59. The molecule has 0 spiro atoms. The van der Waals surface area contributed by atoms with Crippen molar-refractivity contribution >= 4 is 21.4 Å². The molecule has 0 bridgehead atoms. The molecule has 0 amide bonds. The van der Waals surface area contributed by atoms with Crippen LogP contribution in [-0.2, 0) is 16.6 Å². The topological polar surface area (TPSA) is 63.4 Å². The van der Waals surface area contributed by atoms with Crippen LogP contribution in [0.25, 0.3) is 0 Å². The molecule has 2 N–H and O–H groups in total. The van der Waals surface area contributed by atoms with Crippen molar-refractivity contribution in [3.63, 3.8) is 0 Å². The molecular weight excluding hydrogens is 292 g/mol. The highest BCUT2D eigenvalue weighted by atomic mass is 32.2. The number of thiophene rings is 1. The zero-order valence-electron chi connectivity index (χ0n) is 12.6. The molecule has 20 heavy (non-hydrogen) atoms. The highest BCUT2D eigenvalue weighted by Gasteiger charge is 2.38. The summed E-state index contributed by atoms with van der Waals surface area (Å²) in [6, 6.07) is 1.79. The summed E-state index contributed by atoms with van der Waals surface area (Å²) in [5.41, 5.74) is 5.63. The third-order valence-electron chi connectivity index (χ3n) is 4.25. The van der Waals surface area contributed by atoms with Gasteiger partial charge in [0.25, 0.3) is 0 Å². The van der Waals surface area contributed by atoms with E-state index >= 15 is 0 Å². The van der Waals surface area contributed by atoms with Crippen LogP contribution < -0.4 is 5.73 Å². The van der Waals surface area contributed by atoms with E-state index in [0.29, 0.717) is 29.8 Å². The molecular formula is C14H24N2O2S2. The second kappa shape index (κ2) is 5.75. The summed E-state index contributed by atoms with van der Waals surface area (Å²) in [4.78, 5) is 2.20. The van der Waals surface area contributed by atoms with Gasteiger partial charge in [0, 0.05) is 28.9 Å². The number of aryl methyl sites for hydroxylation is 1. The molecule has 0 aliphatic carbocycles. The van der Waals surface area contributed by atoms with Gasteiger partial charge in [-0.15, -0.1) is 11.3 Å². The van der Waals surface area contributed by atoms with Crippen LogP contribution in [-0.4, -0.2) is 25.3 Å². The zero-order valence-corrected chi connectivity index (χ0v) is 14.2. The summed E-state index contributed by atoms with van der Waals surface area (Å²) < 4.78 is 27.5. The average Bonchev–Trinajstić information content (AvgIpc) is 2.75. The lowest BCUT2D eigenvalue weighted by Crippen LogP contribution is -2.48. The predicted octanol–water partition coefficient (Wildman–Crippen LogP) is 2.57. The Labute approximate surface area is 126 Å². The summed E-state index contributed by atoms with van der Waals surface area (Å²) in [7, 11) is -3.41. The fourth-order valence-electron chi connectivity index (χ4n) is 2.99. The normalized spacial score (nSPS) is 28.8. The Morgan fingerprint density at radius 3 is 2.60 bits per heavy atom. The molecule has 2 rings (SSSR count). The quantitative estimate of drug-likeness (QED) is 0.932. The molecule has 1 aromatic rings. The Balaban J connectivity index is 2.40. The molecule has 0 radical (unpaired) electrons. The first-order valence-corrected chi connectivity index (χ1v) is 9.34. The maximum Gasteiger partial charge on any atom is 0.244 e. The van der Waals surface area contributed by atoms with Crippen molar-refractivity contribution in [3.8, 4) is 0 Å². The number of sulfonamides is 1. The van der Waals surface area contributed by atoms with Crippen LogP contribution in [0.5, 0.6) is 0 Å². The number of hydrogen-bond acceptors (Lipinski definition) is 4. The van der Waals surface area contributed by atoms with Crippen LogP contribution in [0.15, 0.2) is 11.0 Å². The van der Waals surface area contributed by atoms with Gasteiger partial charge >= 0.3 is 0 Å². The van der Waals surface area contributed by atoms with Gasteiger partial charge in [-0.25, -0.2) is 8.42 Å². The van der Waals surface area contributed by atoms with Crippen molar-refractivity contribution in [3.05, 3.63) is 15.8 Å². The van der Waals surface area contributed by atoms with Crippen molar-refractivity contribution in [1.29, 1.82) is 0 Å². The van der Waals surface area contributed by atoms with Gasteiger partial charge in [-0.05, 0) is 38.2 Å². The number of nitrogens with two attached hydrogens (primary N) is 1. The van der Waals surface area contributed by atoms with E-state index in [1.54, 1.807) is 10.4 Å². The summed E-state index contributed by atoms with van der Waals surface area (Å²) >= 11 is 1.48. The molecule has 0 saturated carbocycles. The van der Waals surface area contributed by atoms with Gasteiger partial charge in [0.15, 0.2) is 0 Å². The van der Waals surface area contributed by atoms with E-state index in [9.17, 15) is 8.42 Å².